The van der Waals surface area contributed by atoms with E-state index in [-0.39, 0.29) is 43.3 Å². The Hall–Kier alpha value is -3.81. The molecule has 14 heteroatoms. The minimum Gasteiger partial charge on any atom is -0.455 e. The van der Waals surface area contributed by atoms with Gasteiger partial charge in [-0.15, -0.1) is 5.10 Å². The number of alkyl halides is 3. The van der Waals surface area contributed by atoms with E-state index < -0.39 is 35.2 Å². The lowest BCUT2D eigenvalue weighted by Gasteiger charge is -2.36. The Morgan fingerprint density at radius 3 is 2.34 bits per heavy atom. The summed E-state index contributed by atoms with van der Waals surface area (Å²) in [5.74, 6) is -1.26. The van der Waals surface area contributed by atoms with Crippen LogP contribution in [-0.2, 0) is 22.3 Å². The SMILES string of the molecule is CC(C)(C)OC(=O)c1ccc(CN2CCN(c3ncc(N4CCC(=O)NC4=O)cc3C(F)(F)F)CC2)nn1. The van der Waals surface area contributed by atoms with Crippen molar-refractivity contribution in [3.8, 4) is 0 Å². The third-order valence-corrected chi connectivity index (χ3v) is 5.91. The minimum absolute atomic E-state index is 0.00902. The average Bonchev–Trinajstić information content (AvgIpc) is 2.83. The number of nitrogens with zero attached hydrogens (tertiary/aromatic N) is 6. The van der Waals surface area contributed by atoms with Gasteiger partial charge in [-0.05, 0) is 39.0 Å². The largest absolute Gasteiger partial charge is 0.455 e. The maximum absolute atomic E-state index is 14.0. The Kier molecular flexibility index (Phi) is 7.54. The Labute approximate surface area is 217 Å². The lowest BCUT2D eigenvalue weighted by molar-refractivity contribution is -0.137. The van der Waals surface area contributed by atoms with E-state index in [1.54, 1.807) is 31.7 Å². The van der Waals surface area contributed by atoms with E-state index in [2.05, 4.69) is 20.5 Å². The summed E-state index contributed by atoms with van der Waals surface area (Å²) < 4.78 is 47.1. The highest BCUT2D eigenvalue weighted by molar-refractivity contribution is 6.05. The van der Waals surface area contributed by atoms with Crippen LogP contribution >= 0.6 is 0 Å². The predicted molar refractivity (Wildman–Crippen MR) is 129 cm³/mol. The summed E-state index contributed by atoms with van der Waals surface area (Å²) >= 11 is 0. The zero-order valence-corrected chi connectivity index (χ0v) is 21.2. The van der Waals surface area contributed by atoms with E-state index in [1.165, 1.54) is 12.3 Å². The van der Waals surface area contributed by atoms with Crippen LogP contribution in [0.3, 0.4) is 0 Å². The first-order valence-electron chi connectivity index (χ1n) is 12.0. The van der Waals surface area contributed by atoms with Crippen LogP contribution in [0.15, 0.2) is 24.4 Å². The number of carbonyl (C=O) groups excluding carboxylic acids is 3. The molecule has 2 fully saturated rings. The standard InChI is InChI=1S/C24H28F3N7O4/c1-23(2,3)38-21(36)18-5-4-15(30-31-18)14-32-8-10-33(11-9-32)20-17(24(25,26)27)12-16(13-28-20)34-7-6-19(35)29-22(34)37/h4-5,12-13H,6-11,14H2,1-3H3,(H,29,35,37). The number of amides is 3. The van der Waals surface area contributed by atoms with E-state index in [0.717, 1.165) is 11.0 Å². The molecule has 2 saturated heterocycles. The lowest BCUT2D eigenvalue weighted by Crippen LogP contribution is -2.50. The van der Waals surface area contributed by atoms with Crippen LogP contribution in [0.1, 0.15) is 48.9 Å². The number of urea groups is 1. The molecule has 0 spiro atoms. The lowest BCUT2D eigenvalue weighted by atomic mass is 10.1. The number of nitrogens with one attached hydrogen (secondary N) is 1. The number of aromatic nitrogens is 3. The van der Waals surface area contributed by atoms with Gasteiger partial charge < -0.3 is 9.64 Å². The number of hydrogen-bond acceptors (Lipinski definition) is 9. The maximum atomic E-state index is 14.0. The van der Waals surface area contributed by atoms with Crippen molar-refractivity contribution in [1.29, 1.82) is 0 Å². The van der Waals surface area contributed by atoms with Crippen molar-refractivity contribution >= 4 is 29.4 Å². The fourth-order valence-electron chi connectivity index (χ4n) is 4.10. The molecule has 4 heterocycles. The van der Waals surface area contributed by atoms with Gasteiger partial charge in [0.25, 0.3) is 0 Å². The van der Waals surface area contributed by atoms with Crippen molar-refractivity contribution in [3.63, 3.8) is 0 Å². The maximum Gasteiger partial charge on any atom is 0.420 e. The molecule has 1 N–H and O–H groups in total. The molecule has 2 aromatic rings. The summed E-state index contributed by atoms with van der Waals surface area (Å²) in [5, 5.41) is 10.1. The zero-order chi connectivity index (χ0) is 27.7. The highest BCUT2D eigenvalue weighted by Gasteiger charge is 2.38. The Morgan fingerprint density at radius 1 is 1.05 bits per heavy atom. The first kappa shape index (κ1) is 27.2. The second-order valence-electron chi connectivity index (χ2n) is 9.99. The second kappa shape index (κ2) is 10.5. The van der Waals surface area contributed by atoms with Crippen molar-refractivity contribution < 1.29 is 32.3 Å². The second-order valence-corrected chi connectivity index (χ2v) is 9.99. The Bertz CT molecular complexity index is 1210. The minimum atomic E-state index is -4.69. The van der Waals surface area contributed by atoms with Crippen molar-refractivity contribution in [2.75, 3.05) is 42.5 Å². The van der Waals surface area contributed by atoms with Gasteiger partial charge in [-0.2, -0.15) is 18.3 Å². The van der Waals surface area contributed by atoms with Crippen molar-refractivity contribution in [2.24, 2.45) is 0 Å². The summed E-state index contributed by atoms with van der Waals surface area (Å²) in [7, 11) is 0. The molecule has 0 aromatic carbocycles. The Balaban J connectivity index is 1.40. The molecule has 0 aliphatic carbocycles. The highest BCUT2D eigenvalue weighted by Crippen LogP contribution is 2.38. The summed E-state index contributed by atoms with van der Waals surface area (Å²) in [5.41, 5.74) is -0.922. The van der Waals surface area contributed by atoms with Crippen LogP contribution in [0.4, 0.5) is 29.5 Å². The number of hydrogen-bond donors (Lipinski definition) is 1. The van der Waals surface area contributed by atoms with Crippen LogP contribution in [0.5, 0.6) is 0 Å². The molecule has 2 aromatic heterocycles. The van der Waals surface area contributed by atoms with Gasteiger partial charge in [0.05, 0.1) is 17.6 Å². The Morgan fingerprint density at radius 2 is 1.76 bits per heavy atom. The summed E-state index contributed by atoms with van der Waals surface area (Å²) in [6.45, 7) is 7.13. The number of pyridine rings is 1. The van der Waals surface area contributed by atoms with Gasteiger partial charge in [0.1, 0.15) is 17.0 Å². The fraction of sp³-hybridized carbons (Fsp3) is 0.500. The zero-order valence-electron chi connectivity index (χ0n) is 21.2. The van der Waals surface area contributed by atoms with Gasteiger partial charge >= 0.3 is 18.2 Å². The van der Waals surface area contributed by atoms with E-state index >= 15 is 0 Å². The molecular formula is C24H28F3N7O4. The normalized spacial score (nSPS) is 17.4. The van der Waals surface area contributed by atoms with Crippen LogP contribution in [0.25, 0.3) is 0 Å². The number of imide groups is 1. The molecule has 38 heavy (non-hydrogen) atoms. The number of anilines is 2. The van der Waals surface area contributed by atoms with Gasteiger partial charge in [-0.3, -0.25) is 19.9 Å². The molecule has 0 unspecified atom stereocenters. The summed E-state index contributed by atoms with van der Waals surface area (Å²) in [6, 6.07) is 3.32. The van der Waals surface area contributed by atoms with Gasteiger partial charge in [0, 0.05) is 45.7 Å². The van der Waals surface area contributed by atoms with Crippen molar-refractivity contribution in [2.45, 2.75) is 45.5 Å². The number of esters is 1. The van der Waals surface area contributed by atoms with Gasteiger partial charge in [0.2, 0.25) is 5.91 Å². The fourth-order valence-corrected chi connectivity index (χ4v) is 4.10. The molecule has 3 amide bonds. The predicted octanol–water partition coefficient (Wildman–Crippen LogP) is 2.61. The van der Waals surface area contributed by atoms with Crippen LogP contribution < -0.4 is 15.1 Å². The molecule has 2 aliphatic rings. The molecule has 2 aliphatic heterocycles. The van der Waals surface area contributed by atoms with Crippen LogP contribution in [-0.4, -0.2) is 76.3 Å². The molecule has 4 rings (SSSR count). The molecule has 0 bridgehead atoms. The number of rotatable bonds is 5. The molecule has 0 radical (unpaired) electrons. The molecule has 11 nitrogen and oxygen atoms in total. The topological polar surface area (TPSA) is 121 Å². The van der Waals surface area contributed by atoms with E-state index in [4.69, 9.17) is 4.74 Å². The third-order valence-electron chi connectivity index (χ3n) is 5.91. The quantitative estimate of drug-likeness (QED) is 0.576. The first-order valence-corrected chi connectivity index (χ1v) is 12.0. The molecule has 0 saturated carbocycles. The number of carbonyl (C=O) groups is 3. The summed E-state index contributed by atoms with van der Waals surface area (Å²) in [6.07, 6.45) is -3.48. The highest BCUT2D eigenvalue weighted by atomic mass is 19.4. The number of piperazine rings is 1. The van der Waals surface area contributed by atoms with Crippen molar-refractivity contribution in [3.05, 3.63) is 41.3 Å². The van der Waals surface area contributed by atoms with E-state index in [0.29, 0.717) is 25.3 Å². The number of ether oxygens (including phenoxy) is 1. The van der Waals surface area contributed by atoms with Gasteiger partial charge in [-0.25, -0.2) is 14.6 Å². The smallest absolute Gasteiger partial charge is 0.420 e. The summed E-state index contributed by atoms with van der Waals surface area (Å²) in [4.78, 5) is 44.3. The molecule has 0 atom stereocenters. The van der Waals surface area contributed by atoms with Crippen LogP contribution in [0.2, 0.25) is 0 Å². The third kappa shape index (κ3) is 6.54. The van der Waals surface area contributed by atoms with E-state index in [9.17, 15) is 27.6 Å². The van der Waals surface area contributed by atoms with Gasteiger partial charge in [-0.1, -0.05) is 0 Å². The molecule has 204 valence electrons. The number of halogens is 3. The van der Waals surface area contributed by atoms with E-state index in [1.807, 2.05) is 4.90 Å². The average molecular weight is 536 g/mol. The monoisotopic (exact) mass is 535 g/mol. The van der Waals surface area contributed by atoms with Gasteiger partial charge in [0.15, 0.2) is 5.69 Å². The van der Waals surface area contributed by atoms with Crippen LogP contribution in [0, 0.1) is 0 Å². The first-order chi connectivity index (χ1) is 17.8. The van der Waals surface area contributed by atoms with Crippen molar-refractivity contribution in [1.82, 2.24) is 25.4 Å². The molecular weight excluding hydrogens is 507 g/mol.